The summed E-state index contributed by atoms with van der Waals surface area (Å²) in [6, 6.07) is -2.77. The van der Waals surface area contributed by atoms with E-state index in [1.165, 1.54) is 0 Å². The Morgan fingerprint density at radius 3 is 1.45 bits per heavy atom. The number of guanidine groups is 1. The number of unbranched alkanes of at least 4 members (excludes halogenated alkanes) is 2. The number of carbonyl (C=O) groups is 4. The molecule has 0 spiro atoms. The smallest absolute Gasteiger partial charge is 0.321 e. The van der Waals surface area contributed by atoms with Gasteiger partial charge in [0, 0.05) is 6.54 Å². The predicted molar refractivity (Wildman–Crippen MR) is 113 cm³/mol. The Labute approximate surface area is 180 Å². The Balaban J connectivity index is -0.000000384. The summed E-state index contributed by atoms with van der Waals surface area (Å²) in [5.41, 5.74) is 25.4. The van der Waals surface area contributed by atoms with Crippen molar-refractivity contribution in [3.63, 3.8) is 0 Å². The number of nitrogens with zero attached hydrogens (tertiary/aromatic N) is 1. The van der Waals surface area contributed by atoms with Gasteiger partial charge in [-0.1, -0.05) is 26.2 Å². The molecule has 0 aromatic rings. The standard InChI is InChI=1S/C7H15NO2.C6H14N4O2.C4H7NO4/c1-2-3-4-5-6(8)7(9)10;7-4(5(11)12)2-1-3-10-6(8)9;5-2(4(8)9)1-3(6)7/h6H,2-5,8H2,1H3,(H,9,10);4H,1-3,7H2,(H,11,12)(H4,8,9,10);2H,1,5H2,(H,6,7)(H,8,9)/t6-;4-;2-/m000/s1. The molecule has 0 radical (unpaired) electrons. The SMILES string of the molecule is CCCCC[C@H](N)C(=O)O.NC(N)=NCCC[C@H](N)C(=O)O.N[C@@H](CC(=O)O)C(=O)O. The average molecular weight is 453 g/mol. The fraction of sp³-hybridized carbons (Fsp3) is 0.706. The first-order valence-electron chi connectivity index (χ1n) is 9.48. The van der Waals surface area contributed by atoms with E-state index >= 15 is 0 Å². The van der Waals surface area contributed by atoms with Crippen molar-refractivity contribution in [3.8, 4) is 0 Å². The van der Waals surface area contributed by atoms with Crippen LogP contribution < -0.4 is 28.7 Å². The van der Waals surface area contributed by atoms with Gasteiger partial charge < -0.3 is 49.1 Å². The zero-order chi connectivity index (χ0) is 25.0. The molecule has 3 atom stereocenters. The summed E-state index contributed by atoms with van der Waals surface area (Å²) in [7, 11) is 0. The molecule has 0 rings (SSSR count). The van der Waals surface area contributed by atoms with E-state index in [2.05, 4.69) is 11.9 Å². The van der Waals surface area contributed by atoms with Gasteiger partial charge in [0.2, 0.25) is 0 Å². The van der Waals surface area contributed by atoms with Crippen LogP contribution in [0.1, 0.15) is 51.9 Å². The molecule has 31 heavy (non-hydrogen) atoms. The quantitative estimate of drug-likeness (QED) is 0.0856. The number of rotatable bonds is 13. The van der Waals surface area contributed by atoms with Crippen LogP contribution in [0.15, 0.2) is 4.99 Å². The van der Waals surface area contributed by atoms with Gasteiger partial charge in [0.25, 0.3) is 0 Å². The second kappa shape index (κ2) is 20.3. The van der Waals surface area contributed by atoms with E-state index in [0.29, 0.717) is 25.8 Å². The maximum atomic E-state index is 10.2. The van der Waals surface area contributed by atoms with Crippen LogP contribution in [0.3, 0.4) is 0 Å². The highest BCUT2D eigenvalue weighted by molar-refractivity contribution is 5.80. The Hall–Kier alpha value is -2.97. The summed E-state index contributed by atoms with van der Waals surface area (Å²) in [4.78, 5) is 43.7. The van der Waals surface area contributed by atoms with E-state index in [1.54, 1.807) is 0 Å². The third kappa shape index (κ3) is 27.0. The molecule has 0 aliphatic carbocycles. The van der Waals surface area contributed by atoms with Crippen molar-refractivity contribution in [1.29, 1.82) is 0 Å². The van der Waals surface area contributed by atoms with Crippen LogP contribution in [0.2, 0.25) is 0 Å². The second-order valence-corrected chi connectivity index (χ2v) is 6.38. The zero-order valence-electron chi connectivity index (χ0n) is 17.6. The number of aliphatic imine (C=N–C) groups is 1. The Kier molecular flexibility index (Phi) is 21.4. The lowest BCUT2D eigenvalue weighted by atomic mass is 10.1. The van der Waals surface area contributed by atoms with E-state index < -0.39 is 48.4 Å². The van der Waals surface area contributed by atoms with Gasteiger partial charge in [0.15, 0.2) is 5.96 Å². The molecular weight excluding hydrogens is 416 g/mol. The fourth-order valence-electron chi connectivity index (χ4n) is 1.66. The van der Waals surface area contributed by atoms with Crippen molar-refractivity contribution < 1.29 is 39.6 Å². The minimum absolute atomic E-state index is 0.0129. The first-order valence-corrected chi connectivity index (χ1v) is 9.48. The molecule has 0 aliphatic heterocycles. The predicted octanol–water partition coefficient (Wildman–Crippen LogP) is -1.70. The van der Waals surface area contributed by atoms with Gasteiger partial charge in [-0.3, -0.25) is 24.2 Å². The number of hydrogen-bond donors (Lipinski definition) is 9. The van der Waals surface area contributed by atoms with E-state index in [9.17, 15) is 19.2 Å². The molecule has 0 saturated carbocycles. The van der Waals surface area contributed by atoms with Crippen molar-refractivity contribution >= 4 is 29.8 Å². The van der Waals surface area contributed by atoms with Crippen LogP contribution in [-0.4, -0.2) is 74.9 Å². The molecule has 0 fully saturated rings. The van der Waals surface area contributed by atoms with Gasteiger partial charge >= 0.3 is 23.9 Å². The highest BCUT2D eigenvalue weighted by atomic mass is 16.4. The van der Waals surface area contributed by atoms with Crippen molar-refractivity contribution in [2.45, 2.75) is 70.0 Å². The molecule has 0 aliphatic rings. The largest absolute Gasteiger partial charge is 0.481 e. The minimum Gasteiger partial charge on any atom is -0.481 e. The second-order valence-electron chi connectivity index (χ2n) is 6.38. The fourth-order valence-corrected chi connectivity index (χ4v) is 1.66. The van der Waals surface area contributed by atoms with Crippen LogP contribution in [-0.2, 0) is 19.2 Å². The molecule has 0 saturated heterocycles. The van der Waals surface area contributed by atoms with Crippen LogP contribution in [0, 0.1) is 0 Å². The summed E-state index contributed by atoms with van der Waals surface area (Å²) in [5.74, 6) is -4.38. The average Bonchev–Trinajstić information content (AvgIpc) is 2.65. The van der Waals surface area contributed by atoms with Crippen LogP contribution in [0.5, 0.6) is 0 Å². The lowest BCUT2D eigenvalue weighted by molar-refractivity contribution is -0.144. The van der Waals surface area contributed by atoms with E-state index in [4.69, 9.17) is 49.1 Å². The van der Waals surface area contributed by atoms with Gasteiger partial charge in [0.05, 0.1) is 6.42 Å². The van der Waals surface area contributed by atoms with Gasteiger partial charge in [-0.2, -0.15) is 0 Å². The Bertz CT molecular complexity index is 569. The lowest BCUT2D eigenvalue weighted by Crippen LogP contribution is -2.32. The minimum atomic E-state index is -1.29. The number of nitrogens with two attached hydrogens (primary N) is 5. The van der Waals surface area contributed by atoms with E-state index in [0.717, 1.165) is 19.3 Å². The first-order chi connectivity index (χ1) is 14.3. The Morgan fingerprint density at radius 1 is 0.742 bits per heavy atom. The maximum absolute atomic E-state index is 10.2. The molecule has 182 valence electrons. The summed E-state index contributed by atoms with van der Waals surface area (Å²) in [6.07, 6.45) is 4.12. The van der Waals surface area contributed by atoms with E-state index in [-0.39, 0.29) is 5.96 Å². The topological polar surface area (TPSA) is 292 Å². The van der Waals surface area contributed by atoms with Crippen LogP contribution in [0.4, 0.5) is 0 Å². The maximum Gasteiger partial charge on any atom is 0.321 e. The van der Waals surface area contributed by atoms with Crippen LogP contribution >= 0.6 is 0 Å². The number of aliphatic carboxylic acids is 4. The van der Waals surface area contributed by atoms with Crippen molar-refractivity contribution in [3.05, 3.63) is 0 Å². The highest BCUT2D eigenvalue weighted by Gasteiger charge is 2.14. The molecule has 14 heteroatoms. The Morgan fingerprint density at radius 2 is 1.16 bits per heavy atom. The molecule has 0 heterocycles. The molecule has 0 bridgehead atoms. The van der Waals surface area contributed by atoms with Crippen molar-refractivity contribution in [2.24, 2.45) is 33.7 Å². The normalized spacial score (nSPS) is 12.5. The lowest BCUT2D eigenvalue weighted by Gasteiger charge is -2.03. The number of carboxylic acid groups (broad SMARTS) is 4. The summed E-state index contributed by atoms with van der Waals surface area (Å²) in [6.45, 7) is 2.50. The number of carboxylic acids is 4. The molecular formula is C17H36N6O8. The van der Waals surface area contributed by atoms with Gasteiger partial charge in [-0.05, 0) is 19.3 Å². The monoisotopic (exact) mass is 452 g/mol. The molecule has 0 aromatic carbocycles. The van der Waals surface area contributed by atoms with Gasteiger partial charge in [-0.15, -0.1) is 0 Å². The molecule has 0 amide bonds. The summed E-state index contributed by atoms with van der Waals surface area (Å²) in [5, 5.41) is 32.8. The summed E-state index contributed by atoms with van der Waals surface area (Å²) >= 11 is 0. The molecule has 14 N–H and O–H groups in total. The molecule has 14 nitrogen and oxygen atoms in total. The zero-order valence-corrected chi connectivity index (χ0v) is 17.6. The van der Waals surface area contributed by atoms with Crippen molar-refractivity contribution in [2.75, 3.05) is 6.54 Å². The van der Waals surface area contributed by atoms with Crippen LogP contribution in [0.25, 0.3) is 0 Å². The highest BCUT2D eigenvalue weighted by Crippen LogP contribution is 2.01. The first kappa shape index (κ1) is 32.7. The molecule has 0 unspecified atom stereocenters. The third-order valence-corrected chi connectivity index (χ3v) is 3.43. The summed E-state index contributed by atoms with van der Waals surface area (Å²) < 4.78 is 0. The molecule has 0 aromatic heterocycles. The number of hydrogen-bond acceptors (Lipinski definition) is 8. The van der Waals surface area contributed by atoms with Gasteiger partial charge in [0.1, 0.15) is 18.1 Å². The third-order valence-electron chi connectivity index (χ3n) is 3.43. The van der Waals surface area contributed by atoms with Crippen molar-refractivity contribution in [1.82, 2.24) is 0 Å². The van der Waals surface area contributed by atoms with E-state index in [1.807, 2.05) is 0 Å². The van der Waals surface area contributed by atoms with Gasteiger partial charge in [-0.25, -0.2) is 0 Å².